The Hall–Kier alpha value is -1.02. The number of halogens is 1. The zero-order valence-corrected chi connectivity index (χ0v) is 10.8. The van der Waals surface area contributed by atoms with Gasteiger partial charge in [0.25, 0.3) is 0 Å². The molecule has 88 valence electrons. The molecule has 0 heterocycles. The summed E-state index contributed by atoms with van der Waals surface area (Å²) >= 11 is 5.84. The Morgan fingerprint density at radius 1 is 1.31 bits per heavy atom. The highest BCUT2D eigenvalue weighted by molar-refractivity contribution is 6.18. The van der Waals surface area contributed by atoms with E-state index in [4.69, 9.17) is 11.6 Å². The van der Waals surface area contributed by atoms with Crippen LogP contribution in [0.2, 0.25) is 0 Å². The lowest BCUT2D eigenvalue weighted by Crippen LogP contribution is -2.47. The van der Waals surface area contributed by atoms with Gasteiger partial charge in [-0.3, -0.25) is 4.79 Å². The van der Waals surface area contributed by atoms with Crippen molar-refractivity contribution in [1.82, 2.24) is 4.90 Å². The number of benzene rings is 1. The van der Waals surface area contributed by atoms with Crippen molar-refractivity contribution in [3.63, 3.8) is 0 Å². The van der Waals surface area contributed by atoms with Gasteiger partial charge < -0.3 is 4.90 Å². The van der Waals surface area contributed by atoms with Gasteiger partial charge in [-0.1, -0.05) is 30.3 Å². The number of carbonyl (C=O) groups excluding carboxylic acids is 1. The maximum atomic E-state index is 12.0. The van der Waals surface area contributed by atoms with Crippen LogP contribution in [0, 0.1) is 0 Å². The van der Waals surface area contributed by atoms with Crippen molar-refractivity contribution in [3.8, 4) is 0 Å². The van der Waals surface area contributed by atoms with E-state index in [0.717, 1.165) is 5.56 Å². The first kappa shape index (κ1) is 13.0. The molecule has 0 spiro atoms. The summed E-state index contributed by atoms with van der Waals surface area (Å²) in [4.78, 5) is 13.7. The SMILES string of the molecule is CN(C(=O)Cc1ccccc1)C(C)(C)CCl. The molecule has 1 aromatic rings. The van der Waals surface area contributed by atoms with Crippen molar-refractivity contribution in [3.05, 3.63) is 35.9 Å². The zero-order valence-electron chi connectivity index (χ0n) is 10.0. The van der Waals surface area contributed by atoms with Gasteiger partial charge in [0.05, 0.1) is 12.0 Å². The first-order valence-electron chi connectivity index (χ1n) is 5.34. The van der Waals surface area contributed by atoms with Crippen LogP contribution in [0.1, 0.15) is 19.4 Å². The molecule has 0 aliphatic heterocycles. The molecule has 1 rings (SSSR count). The third-order valence-electron chi connectivity index (χ3n) is 2.81. The summed E-state index contributed by atoms with van der Waals surface area (Å²) in [6.07, 6.45) is 0.428. The minimum Gasteiger partial charge on any atom is -0.339 e. The first-order valence-corrected chi connectivity index (χ1v) is 5.87. The standard InChI is InChI=1S/C13H18ClNO/c1-13(2,10-14)15(3)12(16)9-11-7-5-4-6-8-11/h4-8H,9-10H2,1-3H3. The van der Waals surface area contributed by atoms with E-state index in [0.29, 0.717) is 12.3 Å². The summed E-state index contributed by atoms with van der Waals surface area (Å²) in [5.41, 5.74) is 0.734. The summed E-state index contributed by atoms with van der Waals surface area (Å²) in [5.74, 6) is 0.529. The summed E-state index contributed by atoms with van der Waals surface area (Å²) in [6, 6.07) is 9.74. The Bertz CT molecular complexity index is 348. The van der Waals surface area contributed by atoms with Crippen LogP contribution >= 0.6 is 11.6 Å². The highest BCUT2D eigenvalue weighted by Crippen LogP contribution is 2.15. The fourth-order valence-corrected chi connectivity index (χ4v) is 1.50. The van der Waals surface area contributed by atoms with Gasteiger partial charge in [0, 0.05) is 12.9 Å². The van der Waals surface area contributed by atoms with Gasteiger partial charge in [-0.25, -0.2) is 0 Å². The molecule has 0 saturated carbocycles. The van der Waals surface area contributed by atoms with Crippen LogP contribution in [-0.2, 0) is 11.2 Å². The van der Waals surface area contributed by atoms with Crippen LogP contribution < -0.4 is 0 Å². The molecular weight excluding hydrogens is 222 g/mol. The number of hydrogen-bond donors (Lipinski definition) is 0. The van der Waals surface area contributed by atoms with Crippen LogP contribution in [-0.4, -0.2) is 29.3 Å². The molecule has 3 heteroatoms. The zero-order chi connectivity index (χ0) is 12.2. The highest BCUT2D eigenvalue weighted by atomic mass is 35.5. The van der Waals surface area contributed by atoms with Gasteiger partial charge in [-0.05, 0) is 19.4 Å². The lowest BCUT2D eigenvalue weighted by molar-refractivity contribution is -0.133. The molecular formula is C13H18ClNO. The van der Waals surface area contributed by atoms with E-state index in [-0.39, 0.29) is 11.4 Å². The third-order valence-corrected chi connectivity index (χ3v) is 3.46. The van der Waals surface area contributed by atoms with Crippen LogP contribution in [0.3, 0.4) is 0 Å². The smallest absolute Gasteiger partial charge is 0.227 e. The number of carbonyl (C=O) groups is 1. The van der Waals surface area contributed by atoms with E-state index in [1.807, 2.05) is 44.2 Å². The van der Waals surface area contributed by atoms with Crippen LogP contribution in [0.5, 0.6) is 0 Å². The second-order valence-electron chi connectivity index (χ2n) is 4.56. The van der Waals surface area contributed by atoms with E-state index in [1.54, 1.807) is 11.9 Å². The molecule has 0 unspecified atom stereocenters. The van der Waals surface area contributed by atoms with Crippen molar-refractivity contribution in [2.24, 2.45) is 0 Å². The Morgan fingerprint density at radius 3 is 2.38 bits per heavy atom. The second kappa shape index (κ2) is 5.35. The van der Waals surface area contributed by atoms with Crippen molar-refractivity contribution >= 4 is 17.5 Å². The predicted molar refractivity (Wildman–Crippen MR) is 67.7 cm³/mol. The molecule has 1 aromatic carbocycles. The average Bonchev–Trinajstić information content (AvgIpc) is 2.29. The lowest BCUT2D eigenvalue weighted by atomic mass is 10.0. The van der Waals surface area contributed by atoms with E-state index in [9.17, 15) is 4.79 Å². The fourth-order valence-electron chi connectivity index (χ4n) is 1.32. The number of likely N-dealkylation sites (N-methyl/N-ethyl adjacent to an activating group) is 1. The quantitative estimate of drug-likeness (QED) is 0.740. The minimum absolute atomic E-state index is 0.0943. The van der Waals surface area contributed by atoms with E-state index in [1.165, 1.54) is 0 Å². The van der Waals surface area contributed by atoms with E-state index < -0.39 is 0 Å². The number of rotatable bonds is 4. The summed E-state index contributed by atoms with van der Waals surface area (Å²) < 4.78 is 0. The highest BCUT2D eigenvalue weighted by Gasteiger charge is 2.26. The van der Waals surface area contributed by atoms with Crippen LogP contribution in [0.15, 0.2) is 30.3 Å². The van der Waals surface area contributed by atoms with Crippen LogP contribution in [0.4, 0.5) is 0 Å². The van der Waals surface area contributed by atoms with Gasteiger partial charge in [0.15, 0.2) is 0 Å². The minimum atomic E-state index is -0.298. The second-order valence-corrected chi connectivity index (χ2v) is 4.83. The third kappa shape index (κ3) is 3.24. The van der Waals surface area contributed by atoms with Crippen molar-refractivity contribution in [2.75, 3.05) is 12.9 Å². The van der Waals surface area contributed by atoms with E-state index in [2.05, 4.69) is 0 Å². The average molecular weight is 240 g/mol. The van der Waals surface area contributed by atoms with E-state index >= 15 is 0 Å². The maximum Gasteiger partial charge on any atom is 0.227 e. The van der Waals surface area contributed by atoms with Crippen LogP contribution in [0.25, 0.3) is 0 Å². The Labute approximate surface area is 102 Å². The predicted octanol–water partition coefficient (Wildman–Crippen LogP) is 2.70. The Balaban J connectivity index is 2.66. The molecule has 0 aliphatic carbocycles. The molecule has 0 N–H and O–H groups in total. The molecule has 0 bridgehead atoms. The first-order chi connectivity index (χ1) is 7.47. The van der Waals surface area contributed by atoms with Crippen molar-refractivity contribution in [2.45, 2.75) is 25.8 Å². The molecule has 2 nitrogen and oxygen atoms in total. The molecule has 0 aromatic heterocycles. The molecule has 0 fully saturated rings. The largest absolute Gasteiger partial charge is 0.339 e. The molecule has 0 aliphatic rings. The topological polar surface area (TPSA) is 20.3 Å². The van der Waals surface area contributed by atoms with Crippen molar-refractivity contribution < 1.29 is 4.79 Å². The Morgan fingerprint density at radius 2 is 1.88 bits per heavy atom. The number of alkyl halides is 1. The molecule has 0 radical (unpaired) electrons. The Kier molecular flexibility index (Phi) is 4.36. The van der Waals surface area contributed by atoms with Crippen molar-refractivity contribution in [1.29, 1.82) is 0 Å². The number of amides is 1. The number of nitrogens with zero attached hydrogens (tertiary/aromatic N) is 1. The fraction of sp³-hybridized carbons (Fsp3) is 0.462. The van der Waals surface area contributed by atoms with Gasteiger partial charge in [0.1, 0.15) is 0 Å². The molecule has 1 amide bonds. The van der Waals surface area contributed by atoms with Gasteiger partial charge >= 0.3 is 0 Å². The number of hydrogen-bond acceptors (Lipinski definition) is 1. The summed E-state index contributed by atoms with van der Waals surface area (Å²) in [6.45, 7) is 3.92. The molecule has 0 atom stereocenters. The monoisotopic (exact) mass is 239 g/mol. The lowest BCUT2D eigenvalue weighted by Gasteiger charge is -2.34. The van der Waals surface area contributed by atoms with Gasteiger partial charge in [-0.15, -0.1) is 11.6 Å². The van der Waals surface area contributed by atoms with Gasteiger partial charge in [0.2, 0.25) is 5.91 Å². The maximum absolute atomic E-state index is 12.0. The summed E-state index contributed by atoms with van der Waals surface area (Å²) in [5, 5.41) is 0. The molecule has 0 saturated heterocycles. The summed E-state index contributed by atoms with van der Waals surface area (Å²) in [7, 11) is 1.80. The molecule has 16 heavy (non-hydrogen) atoms. The van der Waals surface area contributed by atoms with Gasteiger partial charge in [-0.2, -0.15) is 0 Å². The normalized spacial score (nSPS) is 11.2.